The van der Waals surface area contributed by atoms with Gasteiger partial charge in [-0.25, -0.2) is 4.79 Å². The van der Waals surface area contributed by atoms with E-state index in [9.17, 15) is 9.90 Å². The second-order valence-electron chi connectivity index (χ2n) is 34.5. The summed E-state index contributed by atoms with van der Waals surface area (Å²) < 4.78 is 41.9. The molecule has 8 aliphatic carbocycles. The van der Waals surface area contributed by atoms with Gasteiger partial charge < -0.3 is 28.8 Å². The number of carbonyl (C=O) groups is 1. The molecule has 0 spiro atoms. The van der Waals surface area contributed by atoms with E-state index in [0.717, 1.165) is 75.0 Å². The van der Waals surface area contributed by atoms with E-state index in [1.807, 2.05) is 13.8 Å². The highest BCUT2D eigenvalue weighted by molar-refractivity contribution is 7.51. The molecule has 0 radical (unpaired) electrons. The predicted molar refractivity (Wildman–Crippen MR) is 492 cm³/mol. The molecule has 8 saturated carbocycles. The van der Waals surface area contributed by atoms with Crippen LogP contribution in [0.1, 0.15) is 116 Å². The third kappa shape index (κ3) is 13.7. The summed E-state index contributed by atoms with van der Waals surface area (Å²) in [5.41, 5.74) is 8.54. The van der Waals surface area contributed by atoms with Gasteiger partial charge in [0.1, 0.15) is 28.6 Å². The van der Waals surface area contributed by atoms with E-state index in [0.29, 0.717) is 30.5 Å². The molecule has 0 amide bonds. The van der Waals surface area contributed by atoms with Gasteiger partial charge in [-0.1, -0.05) is 97.1 Å². The number of thiophene rings is 4. The normalized spacial score (nSPS) is 21.5. The Hall–Kier alpha value is -9.85. The van der Waals surface area contributed by atoms with E-state index in [1.165, 1.54) is 187 Å². The number of benzene rings is 12. The Bertz CT molecular complexity index is 6140. The van der Waals surface area contributed by atoms with Gasteiger partial charge in [0.05, 0.1) is 13.2 Å². The van der Waals surface area contributed by atoms with Crippen LogP contribution in [0.3, 0.4) is 0 Å². The van der Waals surface area contributed by atoms with Crippen molar-refractivity contribution < 1.29 is 33.6 Å². The second kappa shape index (κ2) is 31.2. The highest BCUT2D eigenvalue weighted by Crippen LogP contribution is 2.61. The summed E-state index contributed by atoms with van der Waals surface area (Å²) in [6.07, 6.45) is 13.7. The molecule has 586 valence electrons. The number of phenolic OH excluding ortho intramolecular Hbond substituents is 1. The number of esters is 1. The van der Waals surface area contributed by atoms with E-state index in [1.54, 1.807) is 7.11 Å². The van der Waals surface area contributed by atoms with Gasteiger partial charge in [-0.15, -0.1) is 0 Å². The number of fused-ring (bicyclic) bond motifs is 12. The maximum Gasteiger partial charge on any atom is 0.344 e. The predicted octanol–water partition coefficient (Wildman–Crippen LogP) is 29.4. The fraction of sp³-hybridized carbons (Fsp3) is 0.305. The lowest BCUT2D eigenvalue weighted by atomic mass is 9.50. The van der Waals surface area contributed by atoms with E-state index < -0.39 is 0 Å². The van der Waals surface area contributed by atoms with Crippen molar-refractivity contribution in [2.75, 3.05) is 20.5 Å². The molecule has 4 heterocycles. The lowest BCUT2D eigenvalue weighted by Gasteiger charge is -2.59. The van der Waals surface area contributed by atoms with Crippen LogP contribution in [-0.2, 0) is 14.3 Å². The summed E-state index contributed by atoms with van der Waals surface area (Å²) in [6.45, 7) is 19.3. The summed E-state index contributed by atoms with van der Waals surface area (Å²) in [5.74, 6) is 9.24. The number of aryl methyl sites for hydroxylation is 8. The minimum absolute atomic E-state index is 0.0269. The second-order valence-corrected chi connectivity index (χ2v) is 42.4. The van der Waals surface area contributed by atoms with Gasteiger partial charge in [0.25, 0.3) is 0 Å². The fourth-order valence-corrected chi connectivity index (χ4v) is 32.6. The van der Waals surface area contributed by atoms with E-state index in [4.69, 9.17) is 23.7 Å². The standard InChI is InChI=1S/C33H35O3S.C31H33O2S.C21H19OS.C20H16OS/c1-20-12-26(37-29-10-6-4-8-27(29)28-9-5-7-11-30(28)37)13-21(2)32(20)35-19-31(34)36-33(3)24-15-22-14-23(17-24)18-25(33)16-22;1-19-11-25(34-28-9-5-3-7-26(28)27-8-4-6-10-29(27)34)12-20(2)30(19)32-18-33-31-23-14-21-13-22(16-23)17-24(31)15-21;1-14-12-16(13-15(2)21(14)22-3)23-19-10-6-4-8-17(19)18-9-5-7-11-20(18)23;1-13-11-15(12-14(2)20(13)21)22-18-9-5-3-7-16(18)17-8-4-6-10-19(17)22/h4-13,22-25H,14-19H2,1-3H3;3-12,21-24,31H,13-18H2,1-2H3;4-13H,1-3H3;3-12H,1-2H3/q3*+1;/p+1. The minimum Gasteiger partial charge on any atom is -0.507 e. The summed E-state index contributed by atoms with van der Waals surface area (Å²) in [4.78, 5) is 18.4. The zero-order valence-corrected chi connectivity index (χ0v) is 71.6. The molecule has 0 saturated heterocycles. The van der Waals surface area contributed by atoms with Crippen molar-refractivity contribution >= 4 is 129 Å². The Morgan fingerprint density at radius 2 is 0.595 bits per heavy atom. The number of rotatable bonds is 13. The first kappa shape index (κ1) is 76.1. The first-order chi connectivity index (χ1) is 56.4. The van der Waals surface area contributed by atoms with Gasteiger partial charge in [-0.2, -0.15) is 0 Å². The molecule has 116 heavy (non-hydrogen) atoms. The summed E-state index contributed by atoms with van der Waals surface area (Å²) in [7, 11) is 1.43. The molecule has 16 aromatic rings. The number of ether oxygens (including phenoxy) is 5. The minimum atomic E-state index is -0.313. The van der Waals surface area contributed by atoms with Crippen molar-refractivity contribution in [1.82, 2.24) is 0 Å². The molecule has 0 unspecified atom stereocenters. The monoisotopic (exact) mass is 1600 g/mol. The number of hydrogen-bond acceptors (Lipinski definition) is 7. The molecule has 1 N–H and O–H groups in total. The van der Waals surface area contributed by atoms with Gasteiger partial charge in [0.2, 0.25) is 0 Å². The van der Waals surface area contributed by atoms with Crippen molar-refractivity contribution in [3.05, 3.63) is 287 Å². The van der Waals surface area contributed by atoms with Crippen LogP contribution < -0.4 is 14.2 Å². The number of hydrogen-bond donors (Lipinski definition) is 1. The molecule has 8 fully saturated rings. The molecule has 0 aliphatic heterocycles. The summed E-state index contributed by atoms with van der Waals surface area (Å²) >= 11 is 0. The number of phenols is 1. The lowest BCUT2D eigenvalue weighted by molar-refractivity contribution is -0.204. The Balaban J connectivity index is 0.000000106. The average molecular weight is 1610 g/mol. The molecule has 8 aliphatic rings. The third-order valence-corrected chi connectivity index (χ3v) is 36.2. The third-order valence-electron chi connectivity index (χ3n) is 27.0. The quantitative estimate of drug-likeness (QED) is 0.0699. The molecular weight excluding hydrogens is 1500 g/mol. The van der Waals surface area contributed by atoms with Crippen LogP contribution in [0.15, 0.2) is 243 Å². The van der Waals surface area contributed by atoms with Gasteiger partial charge in [0, 0.05) is 134 Å². The largest absolute Gasteiger partial charge is 0.507 e. The van der Waals surface area contributed by atoms with Gasteiger partial charge in [-0.05, 0) is 315 Å². The zero-order chi connectivity index (χ0) is 79.4. The van der Waals surface area contributed by atoms with Gasteiger partial charge in [-0.3, -0.25) is 0 Å². The molecule has 11 heteroatoms. The molecule has 0 atom stereocenters. The number of carbonyl (C=O) groups excluding carboxylic acids is 1. The van der Waals surface area contributed by atoms with Crippen LogP contribution in [0.5, 0.6) is 23.0 Å². The van der Waals surface area contributed by atoms with Crippen molar-refractivity contribution in [1.29, 1.82) is 0 Å². The highest BCUT2D eigenvalue weighted by atomic mass is 32.2. The maximum atomic E-state index is 13.0. The van der Waals surface area contributed by atoms with Crippen LogP contribution in [0.25, 0.3) is 100 Å². The molecule has 8 bridgehead atoms. The number of methoxy groups -OCH3 is 1. The Morgan fingerprint density at radius 1 is 0.345 bits per heavy atom. The number of aromatic hydroxyl groups is 1. The van der Waals surface area contributed by atoms with E-state index in [2.05, 4.69) is 291 Å². The SMILES string of the molecule is COc1c(C)cc(-[s+]2c3ccccc3c3ccccc32)cc1C.Cc1cc(-[s+]2c3ccccc3c3ccccc32)cc(C)c1O.Cc1cc(-[s+]2c3ccccc3c3ccccc32)cc(C)c1OCC(=O)OC1(C)C2CC3CC(C2)CC1C3.Cc1cc(-[s+]2c3ccccc3c3ccccc32)cc(C)c1OCOC1C2CC3CC(C2)CC1C3. The topological polar surface area (TPSA) is 83.5 Å². The Labute approximate surface area is 692 Å². The lowest BCUT2D eigenvalue weighted by Crippen LogP contribution is -2.58. The Kier molecular flexibility index (Phi) is 20.5. The van der Waals surface area contributed by atoms with Crippen LogP contribution in [0.2, 0.25) is 0 Å². The maximum absolute atomic E-state index is 13.0. The van der Waals surface area contributed by atoms with E-state index >= 15 is 0 Å². The van der Waals surface area contributed by atoms with Crippen LogP contribution in [-0.4, -0.2) is 43.3 Å². The van der Waals surface area contributed by atoms with Crippen LogP contribution >= 0.6 is 41.9 Å². The average Bonchev–Trinajstić information content (AvgIpc) is 1.18. The van der Waals surface area contributed by atoms with Crippen LogP contribution in [0, 0.1) is 103 Å². The van der Waals surface area contributed by atoms with Crippen LogP contribution in [0.4, 0.5) is 0 Å². The van der Waals surface area contributed by atoms with E-state index in [-0.39, 0.29) is 60.1 Å². The Morgan fingerprint density at radius 3 is 0.879 bits per heavy atom. The first-order valence-corrected chi connectivity index (χ1v) is 46.8. The van der Waals surface area contributed by atoms with Crippen molar-refractivity contribution in [2.45, 2.75) is 138 Å². The molecule has 24 rings (SSSR count). The van der Waals surface area contributed by atoms with Crippen molar-refractivity contribution in [3.63, 3.8) is 0 Å². The molecular formula is C105H104O7S4+4. The smallest absolute Gasteiger partial charge is 0.344 e. The van der Waals surface area contributed by atoms with Gasteiger partial charge >= 0.3 is 5.97 Å². The van der Waals surface area contributed by atoms with Crippen molar-refractivity contribution in [3.8, 4) is 42.6 Å². The van der Waals surface area contributed by atoms with Gasteiger partial charge in [0.15, 0.2) is 70.6 Å². The first-order valence-electron chi connectivity index (χ1n) is 41.9. The summed E-state index contributed by atoms with van der Waals surface area (Å²) in [5, 5.41) is 20.9. The molecule has 4 aromatic heterocycles. The zero-order valence-electron chi connectivity index (χ0n) is 68.3. The summed E-state index contributed by atoms with van der Waals surface area (Å²) in [6, 6.07) is 88.2. The van der Waals surface area contributed by atoms with Crippen molar-refractivity contribution in [2.24, 2.45) is 47.3 Å². The molecule has 7 nitrogen and oxygen atoms in total. The molecule has 12 aromatic carbocycles. The highest BCUT2D eigenvalue weighted by Gasteiger charge is 2.57. The fourth-order valence-electron chi connectivity index (χ4n) is 22.3.